The summed E-state index contributed by atoms with van der Waals surface area (Å²) in [6.45, 7) is 2.25. The van der Waals surface area contributed by atoms with Crippen molar-refractivity contribution >= 4 is 0 Å². The van der Waals surface area contributed by atoms with Crippen molar-refractivity contribution in [2.45, 2.75) is 32.6 Å². The van der Waals surface area contributed by atoms with Crippen molar-refractivity contribution in [2.75, 3.05) is 0 Å². The predicted octanol–water partition coefficient (Wildman–Crippen LogP) is 2.94. The molecule has 1 rings (SSSR count). The Labute approximate surface area is 73.3 Å². The van der Waals surface area contributed by atoms with Crippen molar-refractivity contribution in [3.63, 3.8) is 0 Å². The fraction of sp³-hybridized carbons (Fsp3) is 0.556. The fourth-order valence-electron chi connectivity index (χ4n) is 1.10. The van der Waals surface area contributed by atoms with Crippen LogP contribution in [0.1, 0.15) is 32.6 Å². The molecule has 1 aliphatic carbocycles. The summed E-state index contributed by atoms with van der Waals surface area (Å²) in [6.07, 6.45) is 9.73. The van der Waals surface area contributed by atoms with Gasteiger partial charge in [-0.15, -0.1) is 0 Å². The quantitative estimate of drug-likeness (QED) is 0.752. The second-order valence-corrected chi connectivity index (χ2v) is 4.16. The van der Waals surface area contributed by atoms with Gasteiger partial charge in [-0.05, 0) is 0 Å². The zero-order chi connectivity index (χ0) is 7.40. The number of rotatable bonds is 3. The van der Waals surface area contributed by atoms with E-state index in [1.807, 2.05) is 18.6 Å². The summed E-state index contributed by atoms with van der Waals surface area (Å²) in [5.74, 6) is 0. The van der Waals surface area contributed by atoms with Crippen LogP contribution in [0.25, 0.3) is 0 Å². The van der Waals surface area contributed by atoms with Gasteiger partial charge in [-0.3, -0.25) is 0 Å². The standard InChI is InChI=1S/C9H13.Os/c1-2-3-6-9-7-4-5-8-9;/h4,7H,2-3,5-6H2,1H3;. The SMILES string of the molecule is CCCCC1=[C]([Os])CC=C1. The maximum absolute atomic E-state index is 2.29. The molecule has 0 bridgehead atoms. The monoisotopic (exact) mass is 313 g/mol. The molecule has 0 amide bonds. The topological polar surface area (TPSA) is 0 Å². The normalized spacial score (nSPS) is 17.0. The van der Waals surface area contributed by atoms with Crippen molar-refractivity contribution in [3.05, 3.63) is 21.9 Å². The van der Waals surface area contributed by atoms with Crippen LogP contribution in [0.3, 0.4) is 0 Å². The zero-order valence-electron chi connectivity index (χ0n) is 6.34. The van der Waals surface area contributed by atoms with Gasteiger partial charge in [-0.25, -0.2) is 0 Å². The van der Waals surface area contributed by atoms with Crippen LogP contribution >= 0.6 is 0 Å². The van der Waals surface area contributed by atoms with Crippen molar-refractivity contribution in [1.29, 1.82) is 0 Å². The Morgan fingerprint density at radius 3 is 2.90 bits per heavy atom. The van der Waals surface area contributed by atoms with E-state index < -0.39 is 0 Å². The molecule has 0 radical (unpaired) electrons. The molecule has 0 aliphatic heterocycles. The van der Waals surface area contributed by atoms with Gasteiger partial charge in [0.1, 0.15) is 0 Å². The van der Waals surface area contributed by atoms with Crippen molar-refractivity contribution in [2.24, 2.45) is 0 Å². The number of hydrogen-bond donors (Lipinski definition) is 0. The molecular weight excluding hydrogens is 298 g/mol. The van der Waals surface area contributed by atoms with Crippen LogP contribution in [0.4, 0.5) is 0 Å². The molecule has 1 heteroatoms. The molecule has 0 saturated heterocycles. The van der Waals surface area contributed by atoms with Crippen LogP contribution in [0.15, 0.2) is 21.9 Å². The van der Waals surface area contributed by atoms with Crippen LogP contribution in [-0.2, 0) is 18.6 Å². The van der Waals surface area contributed by atoms with Crippen molar-refractivity contribution < 1.29 is 18.6 Å². The molecule has 57 valence electrons. The van der Waals surface area contributed by atoms with Gasteiger partial charge >= 0.3 is 73.1 Å². The van der Waals surface area contributed by atoms with E-state index in [0.29, 0.717) is 0 Å². The summed E-state index contributed by atoms with van der Waals surface area (Å²) < 4.78 is 1.61. The molecule has 0 atom stereocenters. The Balaban J connectivity index is 2.38. The average Bonchev–Trinajstić information content (AvgIpc) is 2.31. The molecule has 0 aromatic carbocycles. The second-order valence-electron chi connectivity index (χ2n) is 2.63. The predicted molar refractivity (Wildman–Crippen MR) is 40.3 cm³/mol. The van der Waals surface area contributed by atoms with Gasteiger partial charge in [0.2, 0.25) is 0 Å². The summed E-state index contributed by atoms with van der Waals surface area (Å²) in [5, 5.41) is 0. The summed E-state index contributed by atoms with van der Waals surface area (Å²) in [7, 11) is 0. The van der Waals surface area contributed by atoms with Crippen LogP contribution in [0.5, 0.6) is 0 Å². The van der Waals surface area contributed by atoms with Crippen LogP contribution in [0, 0.1) is 0 Å². The minimum absolute atomic E-state index is 1.21. The van der Waals surface area contributed by atoms with E-state index in [2.05, 4.69) is 19.1 Å². The Morgan fingerprint density at radius 2 is 2.40 bits per heavy atom. The van der Waals surface area contributed by atoms with E-state index in [1.54, 1.807) is 9.70 Å². The molecule has 0 aromatic rings. The van der Waals surface area contributed by atoms with E-state index in [-0.39, 0.29) is 0 Å². The first-order valence-corrected chi connectivity index (χ1v) is 5.14. The maximum atomic E-state index is 2.29. The Bertz CT molecular complexity index is 166. The first kappa shape index (κ1) is 8.22. The molecule has 1 aliphatic rings. The first-order valence-electron chi connectivity index (χ1n) is 3.87. The third kappa shape index (κ3) is 2.06. The molecule has 10 heavy (non-hydrogen) atoms. The molecule has 0 unspecified atom stereocenters. The number of hydrogen-bond acceptors (Lipinski definition) is 0. The van der Waals surface area contributed by atoms with E-state index in [9.17, 15) is 0 Å². The van der Waals surface area contributed by atoms with Crippen molar-refractivity contribution in [3.8, 4) is 0 Å². The molecule has 0 spiro atoms. The van der Waals surface area contributed by atoms with Crippen LogP contribution in [0.2, 0.25) is 0 Å². The first-order chi connectivity index (χ1) is 4.84. The van der Waals surface area contributed by atoms with E-state index in [4.69, 9.17) is 0 Å². The molecule has 0 fully saturated rings. The molecule has 0 saturated carbocycles. The summed E-state index contributed by atoms with van der Waals surface area (Å²) in [6, 6.07) is 0. The van der Waals surface area contributed by atoms with Gasteiger partial charge in [0, 0.05) is 0 Å². The van der Waals surface area contributed by atoms with Gasteiger partial charge in [0.25, 0.3) is 0 Å². The van der Waals surface area contributed by atoms with E-state index >= 15 is 0 Å². The van der Waals surface area contributed by atoms with Gasteiger partial charge in [0.15, 0.2) is 0 Å². The zero-order valence-corrected chi connectivity index (χ0v) is 8.88. The molecular formula is C9H13Os. The van der Waals surface area contributed by atoms with E-state index in [0.717, 1.165) is 0 Å². The summed E-state index contributed by atoms with van der Waals surface area (Å²) >= 11 is 2.05. The van der Waals surface area contributed by atoms with Gasteiger partial charge in [0.05, 0.1) is 0 Å². The minimum atomic E-state index is 1.21. The third-order valence-electron chi connectivity index (χ3n) is 1.75. The molecule has 0 N–H and O–H groups in total. The number of allylic oxidation sites excluding steroid dienone is 4. The van der Waals surface area contributed by atoms with E-state index in [1.165, 1.54) is 25.7 Å². The average molecular weight is 311 g/mol. The third-order valence-corrected chi connectivity index (χ3v) is 3.09. The van der Waals surface area contributed by atoms with Crippen molar-refractivity contribution in [1.82, 2.24) is 0 Å². The fourth-order valence-corrected chi connectivity index (χ4v) is 1.93. The van der Waals surface area contributed by atoms with Gasteiger partial charge in [-0.1, -0.05) is 0 Å². The Kier molecular flexibility index (Phi) is 3.36. The van der Waals surface area contributed by atoms with Crippen LogP contribution in [-0.4, -0.2) is 0 Å². The number of unbranched alkanes of at least 4 members (excludes halogenated alkanes) is 1. The van der Waals surface area contributed by atoms with Gasteiger partial charge in [-0.2, -0.15) is 0 Å². The molecule has 0 nitrogen and oxygen atoms in total. The second kappa shape index (κ2) is 4.09. The molecule has 0 aromatic heterocycles. The van der Waals surface area contributed by atoms with Crippen LogP contribution < -0.4 is 0 Å². The van der Waals surface area contributed by atoms with Gasteiger partial charge < -0.3 is 0 Å². The Hall–Kier alpha value is 0.116. The Morgan fingerprint density at radius 1 is 1.60 bits per heavy atom. The molecule has 0 heterocycles. The summed E-state index contributed by atoms with van der Waals surface area (Å²) in [4.78, 5) is 0. The summed E-state index contributed by atoms with van der Waals surface area (Å²) in [5.41, 5.74) is 1.60.